The molecule has 0 bridgehead atoms. The fourth-order valence-electron chi connectivity index (χ4n) is 8.26. The summed E-state index contributed by atoms with van der Waals surface area (Å²) in [4.78, 5) is 80.9. The first-order valence-corrected chi connectivity index (χ1v) is 27.4. The molecule has 9 aromatic rings. The van der Waals surface area contributed by atoms with E-state index >= 15 is 4.39 Å². The average Bonchev–Trinajstić information content (AvgIpc) is 3.62. The number of rotatable bonds is 11. The van der Waals surface area contributed by atoms with Gasteiger partial charge in [-0.1, -0.05) is 62.2 Å². The van der Waals surface area contributed by atoms with Gasteiger partial charge in [0.25, 0.3) is 34.2 Å². The molecule has 0 aliphatic carbocycles. The molecule has 0 unspecified atom stereocenters. The van der Waals surface area contributed by atoms with Gasteiger partial charge in [0.05, 0.1) is 55.5 Å². The van der Waals surface area contributed by atoms with Gasteiger partial charge in [0.15, 0.2) is 22.4 Å². The van der Waals surface area contributed by atoms with E-state index in [0.717, 1.165) is 42.1 Å². The lowest BCUT2D eigenvalue weighted by Gasteiger charge is -2.16. The van der Waals surface area contributed by atoms with Crippen LogP contribution >= 0.6 is 45.2 Å². The van der Waals surface area contributed by atoms with E-state index in [2.05, 4.69) is 13.8 Å². The SMILES string of the molecule is CCC.COc1ccc(Cn2c(=O)c3c(O)n(C)c(=O)[n+](C)c3n(-c3ccc(I)cc3F)c2=O)cc1.COc1ccc(Cn2c(=O)c3c(OS(=O)(=O)c4ccc(C)cc4)n(C)c(=O)[n+](C)c3n(-c3ccc(I)cc3F)c2=O)cc1. The van der Waals surface area contributed by atoms with Gasteiger partial charge in [-0.2, -0.15) is 35.8 Å². The molecule has 79 heavy (non-hydrogen) atoms. The molecule has 412 valence electrons. The van der Waals surface area contributed by atoms with Crippen LogP contribution in [0.15, 0.2) is 143 Å². The van der Waals surface area contributed by atoms with E-state index in [1.54, 1.807) is 79.7 Å². The van der Waals surface area contributed by atoms with Gasteiger partial charge in [-0.25, -0.2) is 37.1 Å². The Bertz CT molecular complexity index is 4350. The van der Waals surface area contributed by atoms with Gasteiger partial charge in [0, 0.05) is 7.14 Å². The van der Waals surface area contributed by atoms with E-state index in [4.69, 9.17) is 13.7 Å². The molecule has 4 aromatic heterocycles. The Morgan fingerprint density at radius 2 is 0.987 bits per heavy atom. The molecule has 1 N–H and O–H groups in total. The van der Waals surface area contributed by atoms with Crippen LogP contribution in [0.3, 0.4) is 0 Å². The van der Waals surface area contributed by atoms with Crippen LogP contribution in [0.5, 0.6) is 23.3 Å². The van der Waals surface area contributed by atoms with E-state index in [1.807, 2.05) is 45.2 Å². The van der Waals surface area contributed by atoms with Crippen molar-refractivity contribution in [2.75, 3.05) is 14.2 Å². The van der Waals surface area contributed by atoms with Crippen LogP contribution < -0.4 is 56.7 Å². The molecule has 0 radical (unpaired) electrons. The number of aromatic hydroxyl groups is 1. The molecule has 9 rings (SSSR count). The van der Waals surface area contributed by atoms with E-state index in [1.165, 1.54) is 85.2 Å². The highest BCUT2D eigenvalue weighted by Gasteiger charge is 2.34. The number of methoxy groups -OCH3 is 2. The summed E-state index contributed by atoms with van der Waals surface area (Å²) < 4.78 is 81.4. The zero-order valence-electron chi connectivity index (χ0n) is 43.9. The Hall–Kier alpha value is -7.79. The van der Waals surface area contributed by atoms with Crippen molar-refractivity contribution in [2.24, 2.45) is 28.2 Å². The molecule has 0 saturated carbocycles. The second-order valence-corrected chi connectivity index (χ2v) is 21.8. The zero-order chi connectivity index (χ0) is 57.9. The van der Waals surface area contributed by atoms with Crippen molar-refractivity contribution < 1.29 is 45.1 Å². The number of aryl methyl sites for hydroxylation is 3. The predicted octanol–water partition coefficient (Wildman–Crippen LogP) is 5.15. The van der Waals surface area contributed by atoms with Gasteiger partial charge >= 0.3 is 32.9 Å². The van der Waals surface area contributed by atoms with Gasteiger partial charge in [0.1, 0.15) is 27.8 Å². The van der Waals surface area contributed by atoms with Crippen LogP contribution in [0.1, 0.15) is 37.0 Å². The molecular formula is C54H52F2I2N8O12S+2. The maximum atomic E-state index is 15.4. The molecule has 0 saturated heterocycles. The Balaban J connectivity index is 0.000000225. The van der Waals surface area contributed by atoms with Gasteiger partial charge in [-0.3, -0.25) is 9.59 Å². The van der Waals surface area contributed by atoms with Crippen molar-refractivity contribution >= 4 is 77.4 Å². The molecular weight excluding hydrogens is 1280 g/mol. The predicted molar refractivity (Wildman–Crippen MR) is 307 cm³/mol. The minimum atomic E-state index is -4.56. The van der Waals surface area contributed by atoms with Crippen LogP contribution in [-0.2, 0) is 51.4 Å². The molecule has 4 heterocycles. The number of nitrogens with zero attached hydrogens (tertiary/aromatic N) is 8. The van der Waals surface area contributed by atoms with E-state index in [0.29, 0.717) is 29.8 Å². The molecule has 0 fully saturated rings. The molecule has 5 aromatic carbocycles. The summed E-state index contributed by atoms with van der Waals surface area (Å²) in [6, 6.07) is 27.4. The van der Waals surface area contributed by atoms with Crippen LogP contribution in [0.2, 0.25) is 0 Å². The number of benzene rings is 5. The largest absolute Gasteiger partial charge is 0.497 e. The van der Waals surface area contributed by atoms with Crippen LogP contribution in [0.4, 0.5) is 8.78 Å². The highest BCUT2D eigenvalue weighted by atomic mass is 127. The second kappa shape index (κ2) is 24.1. The fourth-order valence-corrected chi connectivity index (χ4v) is 10.1. The van der Waals surface area contributed by atoms with Gasteiger partial charge in [-0.15, -0.1) is 0 Å². The fraction of sp³-hybridized carbons (Fsp3) is 0.222. The molecule has 0 aliphatic rings. The van der Waals surface area contributed by atoms with Crippen molar-refractivity contribution in [1.29, 1.82) is 0 Å². The van der Waals surface area contributed by atoms with Gasteiger partial charge in [-0.05, 0) is 136 Å². The summed E-state index contributed by atoms with van der Waals surface area (Å²) in [5.74, 6) is -1.64. The summed E-state index contributed by atoms with van der Waals surface area (Å²) in [7, 11) is 3.61. The van der Waals surface area contributed by atoms with Crippen LogP contribution in [0, 0.1) is 25.7 Å². The zero-order valence-corrected chi connectivity index (χ0v) is 49.1. The van der Waals surface area contributed by atoms with Crippen molar-refractivity contribution in [1.82, 2.24) is 27.4 Å². The number of fused-ring (bicyclic) bond motifs is 2. The normalized spacial score (nSPS) is 11.2. The molecule has 0 amide bonds. The first-order valence-electron chi connectivity index (χ1n) is 23.8. The monoisotopic (exact) mass is 1330 g/mol. The van der Waals surface area contributed by atoms with Crippen molar-refractivity contribution in [3.05, 3.63) is 207 Å². The first-order chi connectivity index (χ1) is 37.4. The van der Waals surface area contributed by atoms with E-state index < -0.39 is 72.8 Å². The van der Waals surface area contributed by atoms with Crippen molar-refractivity contribution in [3.63, 3.8) is 0 Å². The summed E-state index contributed by atoms with van der Waals surface area (Å²) in [5.41, 5.74) is -4.11. The number of hydrogen-bond donors (Lipinski definition) is 1. The maximum absolute atomic E-state index is 15.4. The van der Waals surface area contributed by atoms with Crippen molar-refractivity contribution in [2.45, 2.75) is 45.2 Å². The lowest BCUT2D eigenvalue weighted by atomic mass is 10.2. The second-order valence-electron chi connectivity index (χ2n) is 17.8. The molecule has 0 atom stereocenters. The molecule has 0 aliphatic heterocycles. The molecule has 25 heteroatoms. The highest BCUT2D eigenvalue weighted by molar-refractivity contribution is 14.1. The summed E-state index contributed by atoms with van der Waals surface area (Å²) in [5, 5.41) is 9.98. The van der Waals surface area contributed by atoms with Crippen LogP contribution in [0.25, 0.3) is 33.4 Å². The Morgan fingerprint density at radius 3 is 1.39 bits per heavy atom. The minimum absolute atomic E-state index is 0.143. The van der Waals surface area contributed by atoms with E-state index in [9.17, 15) is 46.7 Å². The smallest absolute Gasteiger partial charge is 0.445 e. The maximum Gasteiger partial charge on any atom is 0.445 e. The van der Waals surface area contributed by atoms with E-state index in [-0.39, 0.29) is 46.0 Å². The summed E-state index contributed by atoms with van der Waals surface area (Å²) in [6.45, 7) is 5.62. The number of hydrogen-bond acceptors (Lipinski definition) is 12. The lowest BCUT2D eigenvalue weighted by Crippen LogP contribution is -2.56. The third-order valence-electron chi connectivity index (χ3n) is 12.3. The average molecular weight is 1330 g/mol. The van der Waals surface area contributed by atoms with Gasteiger partial charge in [0.2, 0.25) is 0 Å². The molecule has 20 nitrogen and oxygen atoms in total. The third-order valence-corrected chi connectivity index (χ3v) is 14.8. The standard InChI is InChI=1S/C29H25FIN4O7S.C22H18FIN4O5.C3H8/c1-17-5-12-21(13-6-17)43(39,40)42-27-24-25(32(2)28(37)33(27)3)35(23-14-9-19(31)15-22(23)30)29(38)34(26(24)36)16-18-7-10-20(41-4)11-8-18;1-25-18-17(19(29)26(2)21(25)31)20(30)27(11-12-4-7-14(33-3)8-5-12)22(32)28(18)16-9-6-13(24)10-15(16)23;1-3-2/h5-15H,16H2,1-4H3;4-10H,11H2,1-3H3;3H2,1-2H3/q+1;;/p+1. The van der Waals surface area contributed by atoms with Crippen molar-refractivity contribution in [3.8, 4) is 34.6 Å². The lowest BCUT2D eigenvalue weighted by molar-refractivity contribution is -0.667. The van der Waals surface area contributed by atoms with Gasteiger partial charge < -0.3 is 18.8 Å². The topological polar surface area (TPSA) is 222 Å². The first kappa shape index (κ1) is 58.9. The quantitative estimate of drug-likeness (QED) is 0.101. The third kappa shape index (κ3) is 11.7. The summed E-state index contributed by atoms with van der Waals surface area (Å²) in [6.07, 6.45) is 1.25. The number of halogens is 4. The highest BCUT2D eigenvalue weighted by Crippen LogP contribution is 2.26. The number of ether oxygens (including phenoxy) is 2. The Morgan fingerprint density at radius 1 is 0.595 bits per heavy atom. The number of aromatic nitrogens is 8. The van der Waals surface area contributed by atoms with Crippen LogP contribution in [-0.4, -0.2) is 55.1 Å². The summed E-state index contributed by atoms with van der Waals surface area (Å²) >= 11 is 3.84. The molecule has 0 spiro atoms. The Kier molecular flexibility index (Phi) is 17.9. The minimum Gasteiger partial charge on any atom is -0.497 e. The Labute approximate surface area is 476 Å².